The highest BCUT2D eigenvalue weighted by molar-refractivity contribution is 5.01. The number of hydrogen-bond donors (Lipinski definition) is 0. The van der Waals surface area contributed by atoms with Gasteiger partial charge in [-0.25, -0.2) is 0 Å². The molecule has 0 rings (SSSR count). The third kappa shape index (κ3) is 3.77. The first kappa shape index (κ1) is 26.3. The van der Waals surface area contributed by atoms with Crippen molar-refractivity contribution in [2.75, 3.05) is 0 Å². The molecule has 0 heterocycles. The molecule has 0 amide bonds. The number of alkyl halides is 18. The summed E-state index contributed by atoms with van der Waals surface area (Å²) < 4.78 is 221. The minimum absolute atomic E-state index is 0.0721. The molecule has 28 heavy (non-hydrogen) atoms. The lowest BCUT2D eigenvalue weighted by molar-refractivity contribution is -0.402. The summed E-state index contributed by atoms with van der Waals surface area (Å²) >= 11 is 0. The van der Waals surface area contributed by atoms with Crippen LogP contribution in [0.5, 0.6) is 0 Å². The second kappa shape index (κ2) is 6.42. The summed E-state index contributed by atoms with van der Waals surface area (Å²) in [5.74, 6) is -31.1. The van der Waals surface area contributed by atoms with Gasteiger partial charge in [0, 0.05) is 0 Å². The van der Waals surface area contributed by atoms with Crippen LogP contribution in [0.4, 0.5) is 79.0 Å². The topological polar surface area (TPSA) is 24.7 Å². The summed E-state index contributed by atoms with van der Waals surface area (Å²) in [5, 5.41) is 0.144. The molecule has 0 aliphatic carbocycles. The van der Waals surface area contributed by atoms with Crippen LogP contribution in [0.15, 0.2) is 10.2 Å². The molecule has 0 fully saturated rings. The SMILES string of the molecule is FC(F)(F)C(F)(F)C(F)(F)C(F)(F)/N=N/C(F)(F)C(F)(F)C(F)(F)C(F)(F)F. The first-order valence-electron chi connectivity index (χ1n) is 5.55. The van der Waals surface area contributed by atoms with Crippen molar-refractivity contribution in [1.82, 2.24) is 0 Å². The minimum Gasteiger partial charge on any atom is -0.190 e. The smallest absolute Gasteiger partial charge is 0.190 e. The van der Waals surface area contributed by atoms with Crippen LogP contribution in [0.1, 0.15) is 0 Å². The predicted molar refractivity (Wildman–Crippen MR) is 46.6 cm³/mol. The largest absolute Gasteiger partial charge is 0.460 e. The van der Waals surface area contributed by atoms with E-state index in [1.54, 1.807) is 0 Å². The maximum atomic E-state index is 12.7. The molecule has 0 aromatic heterocycles. The second-order valence-electron chi connectivity index (χ2n) is 4.58. The Bertz CT molecular complexity index is 542. The summed E-state index contributed by atoms with van der Waals surface area (Å²) in [4.78, 5) is 0. The minimum atomic E-state index is -7.81. The van der Waals surface area contributed by atoms with Crippen molar-refractivity contribution < 1.29 is 79.0 Å². The Morgan fingerprint density at radius 1 is 0.286 bits per heavy atom. The van der Waals surface area contributed by atoms with Crippen molar-refractivity contribution in [2.24, 2.45) is 10.2 Å². The van der Waals surface area contributed by atoms with Crippen LogP contribution in [0, 0.1) is 0 Å². The molecule has 0 aromatic carbocycles. The van der Waals surface area contributed by atoms with Crippen LogP contribution in [0.3, 0.4) is 0 Å². The molecule has 0 bridgehead atoms. The Hall–Kier alpha value is -1.66. The van der Waals surface area contributed by atoms with E-state index in [1.165, 1.54) is 0 Å². The van der Waals surface area contributed by atoms with Crippen molar-refractivity contribution >= 4 is 0 Å². The lowest BCUT2D eigenvalue weighted by atomic mass is 10.1. The highest BCUT2D eigenvalue weighted by Crippen LogP contribution is 2.56. The molecule has 0 saturated carbocycles. The standard InChI is InChI=1S/C8F18N2/c9-1(10,5(17,18)19)3(13,14)7(23,24)27-28-8(25,26)4(15,16)2(11,12)6(20,21)22/b28-27+. The summed E-state index contributed by atoms with van der Waals surface area (Å²) in [6.07, 6.45) is -15.0. The molecular weight excluding hydrogens is 466 g/mol. The van der Waals surface area contributed by atoms with E-state index in [-0.39, 0.29) is 10.2 Å². The Balaban J connectivity index is 6.19. The van der Waals surface area contributed by atoms with Crippen LogP contribution in [0.2, 0.25) is 0 Å². The molecule has 2 nitrogen and oxygen atoms in total. The predicted octanol–water partition coefficient (Wildman–Crippen LogP) is 6.29. The van der Waals surface area contributed by atoms with E-state index in [0.29, 0.717) is 0 Å². The second-order valence-corrected chi connectivity index (χ2v) is 4.58. The lowest BCUT2D eigenvalue weighted by Gasteiger charge is -2.32. The molecule has 0 spiro atoms. The van der Waals surface area contributed by atoms with Gasteiger partial charge in [0.25, 0.3) is 0 Å². The van der Waals surface area contributed by atoms with Crippen molar-refractivity contribution in [3.05, 3.63) is 0 Å². The van der Waals surface area contributed by atoms with E-state index >= 15 is 0 Å². The maximum Gasteiger partial charge on any atom is 0.460 e. The monoisotopic (exact) mass is 466 g/mol. The molecule has 0 aliphatic rings. The van der Waals surface area contributed by atoms with Gasteiger partial charge in [-0.05, 0) is 0 Å². The van der Waals surface area contributed by atoms with Gasteiger partial charge in [0.15, 0.2) is 0 Å². The molecular formula is C8F18N2. The Kier molecular flexibility index (Phi) is 6.04. The summed E-state index contributed by atoms with van der Waals surface area (Å²) in [5.41, 5.74) is 0. The number of rotatable bonds is 6. The fourth-order valence-corrected chi connectivity index (χ4v) is 0.985. The van der Waals surface area contributed by atoms with Gasteiger partial charge in [0.2, 0.25) is 0 Å². The van der Waals surface area contributed by atoms with Crippen molar-refractivity contribution in [3.63, 3.8) is 0 Å². The molecule has 0 N–H and O–H groups in total. The van der Waals surface area contributed by atoms with Crippen molar-refractivity contribution in [3.8, 4) is 0 Å². The molecule has 0 saturated heterocycles. The van der Waals surface area contributed by atoms with Crippen LogP contribution in [0.25, 0.3) is 0 Å². The van der Waals surface area contributed by atoms with E-state index in [0.717, 1.165) is 0 Å². The van der Waals surface area contributed by atoms with Crippen molar-refractivity contribution in [1.29, 1.82) is 0 Å². The van der Waals surface area contributed by atoms with Crippen LogP contribution in [-0.2, 0) is 0 Å². The molecule has 168 valence electrons. The highest BCUT2D eigenvalue weighted by atomic mass is 19.4. The normalized spacial score (nSPS) is 16.8. The van der Waals surface area contributed by atoms with E-state index in [4.69, 9.17) is 0 Å². The highest BCUT2D eigenvalue weighted by Gasteiger charge is 2.84. The molecule has 0 aromatic rings. The van der Waals surface area contributed by atoms with Crippen LogP contribution >= 0.6 is 0 Å². The zero-order chi connectivity index (χ0) is 23.4. The number of azo groups is 1. The van der Waals surface area contributed by atoms with E-state index < -0.39 is 48.1 Å². The van der Waals surface area contributed by atoms with Gasteiger partial charge < -0.3 is 0 Å². The number of hydrogen-bond acceptors (Lipinski definition) is 2. The number of halogens is 18. The van der Waals surface area contributed by atoms with Gasteiger partial charge in [0.05, 0.1) is 0 Å². The van der Waals surface area contributed by atoms with Crippen LogP contribution in [-0.4, -0.2) is 48.1 Å². The third-order valence-corrected chi connectivity index (χ3v) is 2.56. The van der Waals surface area contributed by atoms with Crippen LogP contribution < -0.4 is 0 Å². The number of nitrogens with zero attached hydrogens (tertiary/aromatic N) is 2. The summed E-state index contributed by atoms with van der Waals surface area (Å²) in [6, 6.07) is -14.8. The Labute approximate surface area is 139 Å². The van der Waals surface area contributed by atoms with Gasteiger partial charge >= 0.3 is 48.1 Å². The quantitative estimate of drug-likeness (QED) is 0.250. The molecule has 0 radical (unpaired) electrons. The molecule has 20 heteroatoms. The summed E-state index contributed by atoms with van der Waals surface area (Å²) in [6.45, 7) is 0. The van der Waals surface area contributed by atoms with Gasteiger partial charge in [-0.1, -0.05) is 0 Å². The van der Waals surface area contributed by atoms with Gasteiger partial charge in [-0.3, -0.25) is 0 Å². The Morgan fingerprint density at radius 3 is 0.607 bits per heavy atom. The fraction of sp³-hybridized carbons (Fsp3) is 1.00. The van der Waals surface area contributed by atoms with Crippen molar-refractivity contribution in [2.45, 2.75) is 48.1 Å². The Morgan fingerprint density at radius 2 is 0.464 bits per heavy atom. The first-order chi connectivity index (χ1) is 11.7. The maximum absolute atomic E-state index is 12.7. The van der Waals surface area contributed by atoms with Gasteiger partial charge in [0.1, 0.15) is 0 Å². The third-order valence-electron chi connectivity index (χ3n) is 2.56. The van der Waals surface area contributed by atoms with Gasteiger partial charge in [-0.2, -0.15) is 79.0 Å². The fourth-order valence-electron chi connectivity index (χ4n) is 0.985. The van der Waals surface area contributed by atoms with E-state index in [9.17, 15) is 79.0 Å². The zero-order valence-corrected chi connectivity index (χ0v) is 11.7. The van der Waals surface area contributed by atoms with E-state index in [2.05, 4.69) is 0 Å². The molecule has 0 unspecified atom stereocenters. The average molecular weight is 466 g/mol. The van der Waals surface area contributed by atoms with E-state index in [1.807, 2.05) is 0 Å². The zero-order valence-electron chi connectivity index (χ0n) is 11.7. The van der Waals surface area contributed by atoms with Gasteiger partial charge in [-0.15, -0.1) is 10.2 Å². The first-order valence-corrected chi connectivity index (χ1v) is 5.55. The molecule has 0 aliphatic heterocycles. The molecule has 0 atom stereocenters. The lowest BCUT2D eigenvalue weighted by Crippen LogP contribution is -2.61. The average Bonchev–Trinajstić information content (AvgIpc) is 2.42. The summed E-state index contributed by atoms with van der Waals surface area (Å²) in [7, 11) is 0.